The van der Waals surface area contributed by atoms with E-state index in [1.54, 1.807) is 0 Å². The molecule has 4 aromatic rings. The normalized spacial score (nSPS) is 14.3. The minimum atomic E-state index is -4.94. The van der Waals surface area contributed by atoms with Gasteiger partial charge in [-0.3, -0.25) is 0 Å². The van der Waals surface area contributed by atoms with Crippen LogP contribution in [0.1, 0.15) is 36.9 Å². The maximum atomic E-state index is 8.49. The van der Waals surface area contributed by atoms with Crippen LogP contribution in [0.25, 0.3) is 27.4 Å². The van der Waals surface area contributed by atoms with Crippen molar-refractivity contribution in [1.29, 1.82) is 0 Å². The van der Waals surface area contributed by atoms with Gasteiger partial charge in [-0.25, -0.2) is 18.6 Å². The lowest BCUT2D eigenvalue weighted by molar-refractivity contribution is -2.00. The van der Waals surface area contributed by atoms with Crippen molar-refractivity contribution >= 4 is 33.3 Å². The fraction of sp³-hybridized carbons (Fsp3) is 0.233. The Morgan fingerprint density at radius 3 is 2.26 bits per heavy atom. The first-order valence-electron chi connectivity index (χ1n) is 12.6. The van der Waals surface area contributed by atoms with Crippen molar-refractivity contribution < 1.29 is 38.2 Å². The van der Waals surface area contributed by atoms with Crippen molar-refractivity contribution in [2.45, 2.75) is 41.2 Å². The zero-order valence-electron chi connectivity index (χ0n) is 22.6. The molecule has 0 saturated heterocycles. The predicted octanol–water partition coefficient (Wildman–Crippen LogP) is 2.90. The summed E-state index contributed by atoms with van der Waals surface area (Å²) in [6.45, 7) is 12.7. The Kier molecular flexibility index (Phi) is 8.76. The van der Waals surface area contributed by atoms with Gasteiger partial charge in [-0.2, -0.15) is 4.57 Å². The number of benzene rings is 3. The number of allylic oxidation sites excluding steroid dienone is 2. The molecule has 5 rings (SSSR count). The molecule has 7 nitrogen and oxygen atoms in total. The number of anilines is 1. The van der Waals surface area contributed by atoms with E-state index in [1.807, 2.05) is 11.3 Å². The second kappa shape index (κ2) is 11.9. The van der Waals surface area contributed by atoms with Crippen molar-refractivity contribution in [3.05, 3.63) is 94.3 Å². The van der Waals surface area contributed by atoms with Crippen molar-refractivity contribution in [2.75, 3.05) is 11.4 Å². The summed E-state index contributed by atoms with van der Waals surface area (Å²) in [5.74, 6) is 1.80. The number of aromatic nitrogens is 1. The van der Waals surface area contributed by atoms with Crippen molar-refractivity contribution in [3.63, 3.8) is 0 Å². The molecule has 2 heterocycles. The van der Waals surface area contributed by atoms with Crippen molar-refractivity contribution in [2.24, 2.45) is 0 Å². The topological polar surface area (TPSA) is 109 Å². The highest BCUT2D eigenvalue weighted by molar-refractivity contribution is 7.18. The quantitative estimate of drug-likeness (QED) is 0.344. The van der Waals surface area contributed by atoms with Gasteiger partial charge in [-0.1, -0.05) is 47.7 Å². The lowest BCUT2D eigenvalue weighted by Gasteiger charge is -2.17. The molecule has 0 unspecified atom stereocenters. The summed E-state index contributed by atoms with van der Waals surface area (Å²) < 4.78 is 44.0. The first-order valence-corrected chi connectivity index (χ1v) is 14.6. The number of fused-ring (bicyclic) bond motifs is 2. The molecule has 0 saturated carbocycles. The summed E-state index contributed by atoms with van der Waals surface area (Å²) in [6, 6.07) is 21.6. The Bertz CT molecular complexity index is 1530. The molecule has 0 N–H and O–H groups in total. The third-order valence-electron chi connectivity index (χ3n) is 6.52. The second-order valence-corrected chi connectivity index (χ2v) is 11.1. The molecule has 3 aromatic carbocycles. The van der Waals surface area contributed by atoms with E-state index in [4.69, 9.17) is 23.4 Å². The maximum Gasteiger partial charge on any atom is 0.262 e. The van der Waals surface area contributed by atoms with E-state index in [2.05, 4.69) is 117 Å². The van der Waals surface area contributed by atoms with Crippen LogP contribution in [-0.2, 0) is 6.54 Å². The molecular weight excluding hydrogens is 536 g/mol. The van der Waals surface area contributed by atoms with Crippen molar-refractivity contribution in [1.82, 2.24) is 0 Å². The number of thiazole rings is 1. The van der Waals surface area contributed by atoms with Gasteiger partial charge in [0, 0.05) is 24.8 Å². The Hall–Kier alpha value is -3.24. The Labute approximate surface area is 234 Å². The molecule has 39 heavy (non-hydrogen) atoms. The lowest BCUT2D eigenvalue weighted by Crippen LogP contribution is -2.68. The fourth-order valence-electron chi connectivity index (χ4n) is 4.56. The third-order valence-corrected chi connectivity index (χ3v) is 7.61. The highest BCUT2D eigenvalue weighted by atomic mass is 35.7. The number of hydrogen-bond acceptors (Lipinski definition) is 7. The van der Waals surface area contributed by atoms with E-state index in [-0.39, 0.29) is 0 Å². The summed E-state index contributed by atoms with van der Waals surface area (Å²) in [4.78, 5) is 2.25. The van der Waals surface area contributed by atoms with Crippen LogP contribution < -0.4 is 32.8 Å². The summed E-state index contributed by atoms with van der Waals surface area (Å²) >= 11 is 1.85. The summed E-state index contributed by atoms with van der Waals surface area (Å²) in [5.41, 5.74) is 8.72. The molecule has 0 atom stereocenters. The standard InChI is InChI=1S/C30H31N2OS.ClHO4/c1-6-31-25-19-24(23-11-9-8-10-12-23)13-14-27(25)33-29(31)15-20(3)16-30-32(7-2)26-17-21(4)22(5)18-28(26)34-30;2-1(3,4)5/h8-19H,6-7H2,1-5H3;(H,2,3,4,5)/q+1;/p-1. The molecule has 0 spiro atoms. The minimum Gasteiger partial charge on any atom is -0.439 e. The molecule has 0 radical (unpaired) electrons. The maximum absolute atomic E-state index is 8.49. The molecule has 1 aliphatic heterocycles. The van der Waals surface area contributed by atoms with Crippen LogP contribution in [0.4, 0.5) is 5.69 Å². The Morgan fingerprint density at radius 2 is 1.62 bits per heavy atom. The largest absolute Gasteiger partial charge is 0.439 e. The minimum absolute atomic E-state index is 0.848. The van der Waals surface area contributed by atoms with Crippen LogP contribution in [0.15, 0.2) is 78.2 Å². The smallest absolute Gasteiger partial charge is 0.262 e. The van der Waals surface area contributed by atoms with E-state index < -0.39 is 10.2 Å². The van der Waals surface area contributed by atoms with Gasteiger partial charge in [-0.05, 0) is 80.6 Å². The van der Waals surface area contributed by atoms with Crippen LogP contribution in [0.2, 0.25) is 0 Å². The first-order chi connectivity index (χ1) is 18.5. The molecular formula is C30H31ClN2O5S. The monoisotopic (exact) mass is 566 g/mol. The highest BCUT2D eigenvalue weighted by Gasteiger charge is 2.26. The molecule has 204 valence electrons. The van der Waals surface area contributed by atoms with Gasteiger partial charge >= 0.3 is 0 Å². The Balaban J connectivity index is 0.000000648. The fourth-order valence-corrected chi connectivity index (χ4v) is 5.88. The van der Waals surface area contributed by atoms with Gasteiger partial charge in [0.2, 0.25) is 11.4 Å². The Morgan fingerprint density at radius 1 is 0.949 bits per heavy atom. The van der Waals surface area contributed by atoms with Crippen LogP contribution in [-0.4, -0.2) is 6.54 Å². The average Bonchev–Trinajstić information content (AvgIpc) is 3.39. The van der Waals surface area contributed by atoms with Gasteiger partial charge in [0.15, 0.2) is 5.75 Å². The predicted molar refractivity (Wildman–Crippen MR) is 144 cm³/mol. The van der Waals surface area contributed by atoms with Gasteiger partial charge in [0.1, 0.15) is 11.2 Å². The molecule has 0 aliphatic carbocycles. The van der Waals surface area contributed by atoms with E-state index in [0.717, 1.165) is 30.4 Å². The summed E-state index contributed by atoms with van der Waals surface area (Å²) in [6.07, 6.45) is 4.44. The average molecular weight is 567 g/mol. The summed E-state index contributed by atoms with van der Waals surface area (Å²) in [5, 5.41) is 1.27. The highest BCUT2D eigenvalue weighted by Crippen LogP contribution is 2.41. The zero-order chi connectivity index (χ0) is 28.3. The second-order valence-electron chi connectivity index (χ2n) is 9.23. The SMILES string of the molecule is CCN1C(=CC(C)=Cc2sc3cc(C)c(C)cc3[n+]2CC)Oc2ccc(-c3ccccc3)cc21.[O-][Cl+3]([O-])([O-])[O-]. The van der Waals surface area contributed by atoms with Gasteiger partial charge in [0.05, 0.1) is 5.69 Å². The van der Waals surface area contributed by atoms with Crippen LogP contribution >= 0.6 is 11.3 Å². The molecule has 1 aromatic heterocycles. The number of ether oxygens (including phenoxy) is 1. The first kappa shape index (κ1) is 28.8. The van der Waals surface area contributed by atoms with Gasteiger partial charge in [0.25, 0.3) is 5.01 Å². The third kappa shape index (κ3) is 6.86. The van der Waals surface area contributed by atoms with E-state index in [0.29, 0.717) is 0 Å². The molecule has 0 bridgehead atoms. The van der Waals surface area contributed by atoms with Gasteiger partial charge < -0.3 is 9.64 Å². The van der Waals surface area contributed by atoms with Crippen LogP contribution in [0.5, 0.6) is 5.75 Å². The van der Waals surface area contributed by atoms with Crippen LogP contribution in [0.3, 0.4) is 0 Å². The number of hydrogen-bond donors (Lipinski definition) is 0. The van der Waals surface area contributed by atoms with Gasteiger partial charge in [-0.15, -0.1) is 10.2 Å². The summed E-state index contributed by atoms with van der Waals surface area (Å²) in [7, 11) is -4.94. The molecule has 0 amide bonds. The van der Waals surface area contributed by atoms with E-state index >= 15 is 0 Å². The van der Waals surface area contributed by atoms with Crippen LogP contribution in [0, 0.1) is 24.1 Å². The number of halogens is 1. The zero-order valence-corrected chi connectivity index (χ0v) is 24.1. The molecule has 9 heteroatoms. The molecule has 0 fully saturated rings. The van der Waals surface area contributed by atoms with Crippen molar-refractivity contribution in [3.8, 4) is 16.9 Å². The number of rotatable bonds is 5. The van der Waals surface area contributed by atoms with E-state index in [1.165, 1.54) is 43.1 Å². The van der Waals surface area contributed by atoms with E-state index in [9.17, 15) is 0 Å². The number of aryl methyl sites for hydroxylation is 3. The lowest BCUT2D eigenvalue weighted by atomic mass is 10.0. The molecule has 1 aliphatic rings. The number of nitrogens with zero attached hydrogens (tertiary/aromatic N) is 2.